The Labute approximate surface area is 142 Å². The number of amides is 1. The summed E-state index contributed by atoms with van der Waals surface area (Å²) in [6.45, 7) is 0.355. The maximum atomic E-state index is 12.6. The summed E-state index contributed by atoms with van der Waals surface area (Å²) in [4.78, 5) is 12.6. The van der Waals surface area contributed by atoms with E-state index in [9.17, 15) is 4.79 Å². The van der Waals surface area contributed by atoms with Gasteiger partial charge in [0.25, 0.3) is 5.91 Å². The van der Waals surface area contributed by atoms with Crippen molar-refractivity contribution < 1.29 is 4.79 Å². The van der Waals surface area contributed by atoms with Crippen molar-refractivity contribution in [3.05, 3.63) is 96.1 Å². The van der Waals surface area contributed by atoms with Crippen LogP contribution in [0.5, 0.6) is 0 Å². The molecule has 0 saturated carbocycles. The molecule has 0 spiro atoms. The highest BCUT2D eigenvalue weighted by Gasteiger charge is 2.14. The van der Waals surface area contributed by atoms with E-state index in [1.54, 1.807) is 0 Å². The summed E-state index contributed by atoms with van der Waals surface area (Å²) in [5.41, 5.74) is 9.58. The maximum Gasteiger partial charge on any atom is 0.251 e. The standard InChI is InChI=1S/C21H20N2O/c22-15-20(17-10-5-2-6-11-17)23-21(24)19-13-7-12-18(14-19)16-8-3-1-4-9-16/h1-14,20H,15,22H2,(H,23,24)/t20-/m1/s1. The normalized spacial score (nSPS) is 11.7. The Kier molecular flexibility index (Phi) is 5.04. The van der Waals surface area contributed by atoms with E-state index in [-0.39, 0.29) is 11.9 Å². The summed E-state index contributed by atoms with van der Waals surface area (Å²) in [7, 11) is 0. The summed E-state index contributed by atoms with van der Waals surface area (Å²) < 4.78 is 0. The zero-order valence-corrected chi connectivity index (χ0v) is 13.4. The van der Waals surface area contributed by atoms with Crippen LogP contribution in [0.4, 0.5) is 0 Å². The first-order valence-electron chi connectivity index (χ1n) is 7.99. The molecule has 120 valence electrons. The van der Waals surface area contributed by atoms with Crippen molar-refractivity contribution >= 4 is 5.91 Å². The fourth-order valence-electron chi connectivity index (χ4n) is 2.68. The van der Waals surface area contributed by atoms with Gasteiger partial charge in [-0.2, -0.15) is 0 Å². The quantitative estimate of drug-likeness (QED) is 0.752. The number of carbonyl (C=O) groups excluding carboxylic acids is 1. The van der Waals surface area contributed by atoms with Gasteiger partial charge < -0.3 is 11.1 Å². The number of hydrogen-bond donors (Lipinski definition) is 2. The zero-order chi connectivity index (χ0) is 16.8. The average Bonchev–Trinajstić information content (AvgIpc) is 2.67. The van der Waals surface area contributed by atoms with E-state index in [1.807, 2.05) is 84.9 Å². The summed E-state index contributed by atoms with van der Waals surface area (Å²) in [6.07, 6.45) is 0. The SMILES string of the molecule is NC[C@@H](NC(=O)c1cccc(-c2ccccc2)c1)c1ccccc1. The van der Waals surface area contributed by atoms with Crippen molar-refractivity contribution in [2.75, 3.05) is 6.54 Å². The maximum absolute atomic E-state index is 12.6. The lowest BCUT2D eigenvalue weighted by molar-refractivity contribution is 0.0938. The first-order chi connectivity index (χ1) is 11.8. The Bertz CT molecular complexity index is 800. The van der Waals surface area contributed by atoms with Crippen LogP contribution < -0.4 is 11.1 Å². The molecule has 1 atom stereocenters. The molecule has 3 N–H and O–H groups in total. The molecule has 0 fully saturated rings. The van der Waals surface area contributed by atoms with E-state index < -0.39 is 0 Å². The van der Waals surface area contributed by atoms with E-state index in [2.05, 4.69) is 5.32 Å². The molecule has 3 aromatic carbocycles. The highest BCUT2D eigenvalue weighted by molar-refractivity contribution is 5.95. The summed E-state index contributed by atoms with van der Waals surface area (Å²) in [5.74, 6) is -0.118. The van der Waals surface area contributed by atoms with Gasteiger partial charge in [0, 0.05) is 12.1 Å². The molecule has 0 unspecified atom stereocenters. The number of hydrogen-bond acceptors (Lipinski definition) is 2. The molecule has 0 radical (unpaired) electrons. The van der Waals surface area contributed by atoms with Crippen LogP contribution in [0, 0.1) is 0 Å². The number of nitrogens with two attached hydrogens (primary N) is 1. The average molecular weight is 316 g/mol. The second-order valence-electron chi connectivity index (χ2n) is 5.62. The molecule has 0 bridgehead atoms. The monoisotopic (exact) mass is 316 g/mol. The Morgan fingerprint density at radius 3 is 2.12 bits per heavy atom. The third kappa shape index (κ3) is 3.70. The minimum absolute atomic E-state index is 0.118. The van der Waals surface area contributed by atoms with Gasteiger partial charge in [-0.3, -0.25) is 4.79 Å². The molecule has 3 aromatic rings. The van der Waals surface area contributed by atoms with Gasteiger partial charge in [-0.15, -0.1) is 0 Å². The van der Waals surface area contributed by atoms with E-state index in [0.717, 1.165) is 16.7 Å². The lowest BCUT2D eigenvalue weighted by atomic mass is 10.0. The fraction of sp³-hybridized carbons (Fsp3) is 0.0952. The molecule has 0 saturated heterocycles. The van der Waals surface area contributed by atoms with Crippen molar-refractivity contribution in [3.8, 4) is 11.1 Å². The van der Waals surface area contributed by atoms with Crippen LogP contribution in [0.15, 0.2) is 84.9 Å². The molecule has 24 heavy (non-hydrogen) atoms. The van der Waals surface area contributed by atoms with Gasteiger partial charge in [0.15, 0.2) is 0 Å². The molecule has 3 nitrogen and oxygen atoms in total. The molecular formula is C21H20N2O. The molecule has 0 aliphatic carbocycles. The van der Waals surface area contributed by atoms with Crippen molar-refractivity contribution in [2.45, 2.75) is 6.04 Å². The van der Waals surface area contributed by atoms with E-state index in [1.165, 1.54) is 0 Å². The van der Waals surface area contributed by atoms with Crippen molar-refractivity contribution in [3.63, 3.8) is 0 Å². The van der Waals surface area contributed by atoms with Gasteiger partial charge in [-0.05, 0) is 28.8 Å². The van der Waals surface area contributed by atoms with E-state index in [4.69, 9.17) is 5.73 Å². The lowest BCUT2D eigenvalue weighted by Crippen LogP contribution is -2.33. The number of carbonyl (C=O) groups is 1. The Morgan fingerprint density at radius 1 is 0.833 bits per heavy atom. The van der Waals surface area contributed by atoms with Crippen LogP contribution in [0.2, 0.25) is 0 Å². The van der Waals surface area contributed by atoms with Crippen LogP contribution in [0.1, 0.15) is 22.0 Å². The number of nitrogens with one attached hydrogen (secondary N) is 1. The van der Waals surface area contributed by atoms with Gasteiger partial charge >= 0.3 is 0 Å². The molecule has 0 aliphatic heterocycles. The van der Waals surface area contributed by atoms with Crippen molar-refractivity contribution in [1.82, 2.24) is 5.32 Å². The van der Waals surface area contributed by atoms with Gasteiger partial charge in [-0.25, -0.2) is 0 Å². The van der Waals surface area contributed by atoms with Crippen molar-refractivity contribution in [2.24, 2.45) is 5.73 Å². The molecule has 3 heteroatoms. The third-order valence-electron chi connectivity index (χ3n) is 3.97. The van der Waals surface area contributed by atoms with Gasteiger partial charge in [0.1, 0.15) is 0 Å². The minimum Gasteiger partial charge on any atom is -0.344 e. The minimum atomic E-state index is -0.195. The smallest absolute Gasteiger partial charge is 0.251 e. The van der Waals surface area contributed by atoms with E-state index in [0.29, 0.717) is 12.1 Å². The first kappa shape index (κ1) is 16.0. The second-order valence-corrected chi connectivity index (χ2v) is 5.62. The van der Waals surface area contributed by atoms with Gasteiger partial charge in [0.2, 0.25) is 0 Å². The van der Waals surface area contributed by atoms with Crippen LogP contribution >= 0.6 is 0 Å². The van der Waals surface area contributed by atoms with Crippen LogP contribution in [-0.2, 0) is 0 Å². The molecule has 3 rings (SSSR count). The highest BCUT2D eigenvalue weighted by Crippen LogP contribution is 2.20. The topological polar surface area (TPSA) is 55.1 Å². The van der Waals surface area contributed by atoms with E-state index >= 15 is 0 Å². The highest BCUT2D eigenvalue weighted by atomic mass is 16.1. The third-order valence-corrected chi connectivity index (χ3v) is 3.97. The molecule has 1 amide bonds. The predicted octanol–water partition coefficient (Wildman–Crippen LogP) is 3.78. The summed E-state index contributed by atoms with van der Waals surface area (Å²) >= 11 is 0. The first-order valence-corrected chi connectivity index (χ1v) is 7.99. The summed E-state index contributed by atoms with van der Waals surface area (Å²) in [6, 6.07) is 27.2. The van der Waals surface area contributed by atoms with Crippen LogP contribution in [-0.4, -0.2) is 12.5 Å². The van der Waals surface area contributed by atoms with Crippen LogP contribution in [0.3, 0.4) is 0 Å². The number of benzene rings is 3. The molecule has 0 heterocycles. The fourth-order valence-corrected chi connectivity index (χ4v) is 2.68. The summed E-state index contributed by atoms with van der Waals surface area (Å²) in [5, 5.41) is 3.01. The Morgan fingerprint density at radius 2 is 1.46 bits per heavy atom. The second kappa shape index (κ2) is 7.57. The Balaban J connectivity index is 1.80. The van der Waals surface area contributed by atoms with Gasteiger partial charge in [0.05, 0.1) is 6.04 Å². The lowest BCUT2D eigenvalue weighted by Gasteiger charge is -2.17. The van der Waals surface area contributed by atoms with Gasteiger partial charge in [-0.1, -0.05) is 72.8 Å². The van der Waals surface area contributed by atoms with Crippen molar-refractivity contribution in [1.29, 1.82) is 0 Å². The largest absolute Gasteiger partial charge is 0.344 e. The predicted molar refractivity (Wildman–Crippen MR) is 97.6 cm³/mol. The number of rotatable bonds is 5. The Hall–Kier alpha value is -2.91. The molecule has 0 aliphatic rings. The zero-order valence-electron chi connectivity index (χ0n) is 13.4. The molecular weight excluding hydrogens is 296 g/mol. The van der Waals surface area contributed by atoms with Crippen LogP contribution in [0.25, 0.3) is 11.1 Å². The molecule has 0 aromatic heterocycles.